The highest BCUT2D eigenvalue weighted by atomic mass is 16.3. The molecule has 0 aromatic carbocycles. The van der Waals surface area contributed by atoms with Crippen molar-refractivity contribution in [3.05, 3.63) is 24.2 Å². The van der Waals surface area contributed by atoms with E-state index in [0.717, 1.165) is 19.5 Å². The molecule has 70 valence electrons. The summed E-state index contributed by atoms with van der Waals surface area (Å²) < 4.78 is 5.02. The van der Waals surface area contributed by atoms with Crippen molar-refractivity contribution < 1.29 is 9.21 Å². The Balaban J connectivity index is 2.04. The van der Waals surface area contributed by atoms with Crippen LogP contribution in [0.25, 0.3) is 0 Å². The fourth-order valence-corrected chi connectivity index (χ4v) is 1.40. The average Bonchev–Trinajstić information content (AvgIpc) is 2.71. The van der Waals surface area contributed by atoms with E-state index < -0.39 is 0 Å². The Bertz CT molecular complexity index is 276. The zero-order valence-corrected chi connectivity index (χ0v) is 7.25. The summed E-state index contributed by atoms with van der Waals surface area (Å²) in [5.74, 6) is 0.386. The summed E-state index contributed by atoms with van der Waals surface area (Å²) in [5, 5.41) is 6.17. The van der Waals surface area contributed by atoms with Crippen LogP contribution >= 0.6 is 0 Å². The number of ketones is 1. The molecule has 1 aromatic rings. The molecule has 2 rings (SSSR count). The zero-order valence-electron chi connectivity index (χ0n) is 7.25. The third kappa shape index (κ3) is 1.79. The summed E-state index contributed by atoms with van der Waals surface area (Å²) in [6.45, 7) is 1.76. The van der Waals surface area contributed by atoms with Crippen molar-refractivity contribution in [3.8, 4) is 0 Å². The molecule has 1 aromatic heterocycles. The zero-order chi connectivity index (χ0) is 9.10. The van der Waals surface area contributed by atoms with Gasteiger partial charge in [0, 0.05) is 0 Å². The number of rotatable bonds is 2. The predicted molar refractivity (Wildman–Crippen MR) is 47.4 cm³/mol. The molecule has 1 fully saturated rings. The maximum absolute atomic E-state index is 11.6. The van der Waals surface area contributed by atoms with E-state index in [9.17, 15) is 4.79 Å². The van der Waals surface area contributed by atoms with Crippen molar-refractivity contribution in [2.24, 2.45) is 0 Å². The van der Waals surface area contributed by atoms with Gasteiger partial charge in [0.25, 0.3) is 0 Å². The molecule has 0 atom stereocenters. The highest BCUT2D eigenvalue weighted by molar-refractivity contribution is 5.97. The number of carbonyl (C=O) groups is 1. The van der Waals surface area contributed by atoms with Gasteiger partial charge in [-0.05, 0) is 31.6 Å². The van der Waals surface area contributed by atoms with Crippen LogP contribution in [0.15, 0.2) is 22.8 Å². The van der Waals surface area contributed by atoms with Gasteiger partial charge in [0.05, 0.1) is 6.26 Å². The lowest BCUT2D eigenvalue weighted by Crippen LogP contribution is -2.53. The molecule has 13 heavy (non-hydrogen) atoms. The van der Waals surface area contributed by atoms with Crippen LogP contribution in [0.2, 0.25) is 0 Å². The van der Waals surface area contributed by atoms with Crippen molar-refractivity contribution in [2.75, 3.05) is 13.1 Å². The number of carbonyl (C=O) groups excluding carboxylic acids is 1. The fraction of sp³-hybridized carbons (Fsp3) is 0.444. The third-order valence-corrected chi connectivity index (χ3v) is 2.08. The van der Waals surface area contributed by atoms with Crippen molar-refractivity contribution in [1.82, 2.24) is 10.6 Å². The second-order valence-electron chi connectivity index (χ2n) is 3.04. The molecule has 0 radical (unpaired) electrons. The molecule has 4 heteroatoms. The lowest BCUT2D eigenvalue weighted by molar-refractivity contribution is 0.0884. The Labute approximate surface area is 76.3 Å². The average molecular weight is 180 g/mol. The fourth-order valence-electron chi connectivity index (χ4n) is 1.40. The molecule has 2 N–H and O–H groups in total. The largest absolute Gasteiger partial charge is 0.461 e. The Hall–Kier alpha value is -1.13. The summed E-state index contributed by atoms with van der Waals surface area (Å²) in [7, 11) is 0. The van der Waals surface area contributed by atoms with Crippen LogP contribution in [-0.4, -0.2) is 25.0 Å². The van der Waals surface area contributed by atoms with E-state index in [-0.39, 0.29) is 11.9 Å². The number of hydrogen-bond acceptors (Lipinski definition) is 4. The summed E-state index contributed by atoms with van der Waals surface area (Å²) in [5.41, 5.74) is 0. The second kappa shape index (κ2) is 3.72. The van der Waals surface area contributed by atoms with E-state index in [4.69, 9.17) is 4.42 Å². The monoisotopic (exact) mass is 180 g/mol. The summed E-state index contributed by atoms with van der Waals surface area (Å²) in [4.78, 5) is 11.6. The van der Waals surface area contributed by atoms with Gasteiger partial charge in [0.15, 0.2) is 5.76 Å². The van der Waals surface area contributed by atoms with Gasteiger partial charge in [-0.3, -0.25) is 15.4 Å². The Kier molecular flexibility index (Phi) is 2.42. The molecular formula is C9H12N2O2. The molecule has 0 aliphatic carbocycles. The third-order valence-electron chi connectivity index (χ3n) is 2.08. The van der Waals surface area contributed by atoms with Gasteiger partial charge in [0.2, 0.25) is 5.78 Å². The van der Waals surface area contributed by atoms with E-state index in [1.807, 2.05) is 0 Å². The predicted octanol–water partition coefficient (Wildman–Crippen LogP) is 0.371. The lowest BCUT2D eigenvalue weighted by atomic mass is 10.2. The van der Waals surface area contributed by atoms with E-state index in [0.29, 0.717) is 5.76 Å². The first-order valence-electron chi connectivity index (χ1n) is 4.42. The Morgan fingerprint density at radius 2 is 2.23 bits per heavy atom. The van der Waals surface area contributed by atoms with Gasteiger partial charge in [0.1, 0.15) is 6.17 Å². The van der Waals surface area contributed by atoms with Gasteiger partial charge in [-0.25, -0.2) is 0 Å². The summed E-state index contributed by atoms with van der Waals surface area (Å²) in [6, 6.07) is 3.40. The highest BCUT2D eigenvalue weighted by Gasteiger charge is 2.22. The first kappa shape index (κ1) is 8.47. The number of furan rings is 1. The molecular weight excluding hydrogens is 168 g/mol. The van der Waals surface area contributed by atoms with E-state index in [2.05, 4.69) is 10.6 Å². The minimum atomic E-state index is -0.278. The van der Waals surface area contributed by atoms with Crippen LogP contribution in [0.4, 0.5) is 0 Å². The van der Waals surface area contributed by atoms with E-state index in [1.165, 1.54) is 6.26 Å². The minimum absolute atomic E-state index is 0.0234. The SMILES string of the molecule is O=C(c1ccco1)C1NCCCN1. The van der Waals surface area contributed by atoms with Crippen LogP contribution < -0.4 is 10.6 Å². The first-order chi connectivity index (χ1) is 6.38. The molecule has 0 spiro atoms. The van der Waals surface area contributed by atoms with Crippen molar-refractivity contribution >= 4 is 5.78 Å². The Morgan fingerprint density at radius 3 is 2.85 bits per heavy atom. The first-order valence-corrected chi connectivity index (χ1v) is 4.42. The normalized spacial score (nSPS) is 18.8. The maximum Gasteiger partial charge on any atom is 0.229 e. The van der Waals surface area contributed by atoms with E-state index >= 15 is 0 Å². The Morgan fingerprint density at radius 1 is 1.46 bits per heavy atom. The van der Waals surface area contributed by atoms with Crippen molar-refractivity contribution in [2.45, 2.75) is 12.6 Å². The smallest absolute Gasteiger partial charge is 0.229 e. The molecule has 0 bridgehead atoms. The molecule has 2 heterocycles. The summed E-state index contributed by atoms with van der Waals surface area (Å²) in [6.07, 6.45) is 2.29. The van der Waals surface area contributed by atoms with Crippen molar-refractivity contribution in [3.63, 3.8) is 0 Å². The molecule has 0 amide bonds. The lowest BCUT2D eigenvalue weighted by Gasteiger charge is -2.22. The van der Waals surface area contributed by atoms with Gasteiger partial charge in [-0.15, -0.1) is 0 Å². The molecule has 1 aliphatic rings. The molecule has 0 unspecified atom stereocenters. The number of hydrogen-bond donors (Lipinski definition) is 2. The topological polar surface area (TPSA) is 54.3 Å². The minimum Gasteiger partial charge on any atom is -0.461 e. The van der Waals surface area contributed by atoms with Crippen LogP contribution in [0.5, 0.6) is 0 Å². The van der Waals surface area contributed by atoms with Gasteiger partial charge in [-0.1, -0.05) is 0 Å². The maximum atomic E-state index is 11.6. The molecule has 0 saturated carbocycles. The number of Topliss-reactive ketones (excluding diaryl/α,β-unsaturated/α-hetero) is 1. The van der Waals surface area contributed by atoms with Gasteiger partial charge < -0.3 is 4.42 Å². The highest BCUT2D eigenvalue weighted by Crippen LogP contribution is 2.04. The van der Waals surface area contributed by atoms with Crippen LogP contribution in [0.1, 0.15) is 17.0 Å². The van der Waals surface area contributed by atoms with Crippen LogP contribution in [0.3, 0.4) is 0 Å². The second-order valence-corrected chi connectivity index (χ2v) is 3.04. The van der Waals surface area contributed by atoms with E-state index in [1.54, 1.807) is 12.1 Å². The van der Waals surface area contributed by atoms with Crippen molar-refractivity contribution in [1.29, 1.82) is 0 Å². The summed E-state index contributed by atoms with van der Waals surface area (Å²) >= 11 is 0. The number of nitrogens with one attached hydrogen (secondary N) is 2. The molecule has 1 aliphatic heterocycles. The quantitative estimate of drug-likeness (QED) is 0.646. The van der Waals surface area contributed by atoms with Gasteiger partial charge >= 0.3 is 0 Å². The van der Waals surface area contributed by atoms with Crippen LogP contribution in [0, 0.1) is 0 Å². The molecule has 4 nitrogen and oxygen atoms in total. The van der Waals surface area contributed by atoms with Gasteiger partial charge in [-0.2, -0.15) is 0 Å². The standard InChI is InChI=1S/C9H12N2O2/c12-8(7-3-1-6-13-7)9-10-4-2-5-11-9/h1,3,6,9-11H,2,4-5H2. The van der Waals surface area contributed by atoms with Crippen LogP contribution in [-0.2, 0) is 0 Å². The molecule has 1 saturated heterocycles.